The number of carbonyl (C=O) groups is 1. The Kier molecular flexibility index (Phi) is 4.50. The Labute approximate surface area is 143 Å². The smallest absolute Gasteiger partial charge is 0.345 e. The minimum Gasteiger partial charge on any atom is -0.477 e. The second kappa shape index (κ2) is 6.75. The zero-order chi connectivity index (χ0) is 18.0. The molecule has 8 heteroatoms. The van der Waals surface area contributed by atoms with E-state index in [9.17, 15) is 15.2 Å². The van der Waals surface area contributed by atoms with Crippen molar-refractivity contribution < 1.29 is 19.4 Å². The monoisotopic (exact) mass is 340 g/mol. The van der Waals surface area contributed by atoms with Crippen molar-refractivity contribution in [1.29, 1.82) is 5.26 Å². The third kappa shape index (κ3) is 3.22. The highest BCUT2D eigenvalue weighted by Gasteiger charge is 2.26. The third-order valence-corrected chi connectivity index (χ3v) is 3.98. The first-order valence-corrected chi connectivity index (χ1v) is 7.66. The number of nitrogens with two attached hydrogens (primary N) is 1. The van der Waals surface area contributed by atoms with Crippen LogP contribution in [0.3, 0.4) is 0 Å². The minimum absolute atomic E-state index is 0.0905. The fourth-order valence-electron chi connectivity index (χ4n) is 2.63. The van der Waals surface area contributed by atoms with Gasteiger partial charge in [0.15, 0.2) is 11.4 Å². The number of nitrogens with zero attached hydrogens (tertiary/aromatic N) is 3. The first-order valence-electron chi connectivity index (χ1n) is 7.66. The predicted octanol–water partition coefficient (Wildman–Crippen LogP) is 1.77. The van der Waals surface area contributed by atoms with Gasteiger partial charge in [-0.1, -0.05) is 12.1 Å². The molecule has 1 aromatic heterocycles. The zero-order valence-electron chi connectivity index (χ0n) is 13.5. The lowest BCUT2D eigenvalue weighted by molar-refractivity contribution is 0.0686. The van der Waals surface area contributed by atoms with Gasteiger partial charge in [0.25, 0.3) is 0 Å². The molecule has 2 heterocycles. The quantitative estimate of drug-likeness (QED) is 0.860. The molecule has 25 heavy (non-hydrogen) atoms. The van der Waals surface area contributed by atoms with Gasteiger partial charge in [-0.25, -0.2) is 9.78 Å². The van der Waals surface area contributed by atoms with E-state index in [-0.39, 0.29) is 29.2 Å². The molecule has 1 aliphatic rings. The fourth-order valence-corrected chi connectivity index (χ4v) is 2.63. The Morgan fingerprint density at radius 1 is 1.48 bits per heavy atom. The molecule has 1 atom stereocenters. The standard InChI is InChI=1S/C17H16N4O4/c1-9-10(7-18)3-2-4-12(9)15-20-14(19)13(17(22)23)16(21-15)25-11-5-6-24-8-11/h2-4,11H,5-6,8H2,1H3,(H,22,23)(H2,19,20,21)/t11-/m0/s1. The molecule has 1 fully saturated rings. The number of rotatable bonds is 4. The van der Waals surface area contributed by atoms with Crippen LogP contribution in [0.1, 0.15) is 27.9 Å². The van der Waals surface area contributed by atoms with Gasteiger partial charge in [-0.2, -0.15) is 10.2 Å². The van der Waals surface area contributed by atoms with E-state index >= 15 is 0 Å². The van der Waals surface area contributed by atoms with Gasteiger partial charge in [-0.15, -0.1) is 0 Å². The average Bonchev–Trinajstić information content (AvgIpc) is 3.07. The van der Waals surface area contributed by atoms with Crippen LogP contribution in [-0.2, 0) is 4.74 Å². The Balaban J connectivity index is 2.11. The van der Waals surface area contributed by atoms with Gasteiger partial charge >= 0.3 is 5.97 Å². The van der Waals surface area contributed by atoms with E-state index in [1.54, 1.807) is 25.1 Å². The van der Waals surface area contributed by atoms with Crippen molar-refractivity contribution in [3.8, 4) is 23.3 Å². The Morgan fingerprint density at radius 3 is 2.92 bits per heavy atom. The normalized spacial score (nSPS) is 16.4. The summed E-state index contributed by atoms with van der Waals surface area (Å²) in [5, 5.41) is 18.6. The first-order chi connectivity index (χ1) is 12.0. The average molecular weight is 340 g/mol. The lowest BCUT2D eigenvalue weighted by atomic mass is 10.0. The van der Waals surface area contributed by atoms with Crippen LogP contribution in [0.5, 0.6) is 5.88 Å². The van der Waals surface area contributed by atoms with E-state index in [2.05, 4.69) is 16.0 Å². The number of anilines is 1. The van der Waals surface area contributed by atoms with Crippen LogP contribution in [0.4, 0.5) is 5.82 Å². The molecule has 0 bridgehead atoms. The van der Waals surface area contributed by atoms with E-state index < -0.39 is 5.97 Å². The Bertz CT molecular complexity index is 870. The van der Waals surface area contributed by atoms with Crippen LogP contribution in [0.15, 0.2) is 18.2 Å². The summed E-state index contributed by atoms with van der Waals surface area (Å²) in [6.45, 7) is 2.68. The van der Waals surface area contributed by atoms with Gasteiger partial charge in [0, 0.05) is 12.0 Å². The Morgan fingerprint density at radius 2 is 2.28 bits per heavy atom. The summed E-state index contributed by atoms with van der Waals surface area (Å²) in [6, 6.07) is 7.23. The summed E-state index contributed by atoms with van der Waals surface area (Å²) >= 11 is 0. The molecule has 0 saturated carbocycles. The van der Waals surface area contributed by atoms with Crippen LogP contribution in [0.2, 0.25) is 0 Å². The molecule has 0 unspecified atom stereocenters. The maximum absolute atomic E-state index is 11.5. The van der Waals surface area contributed by atoms with Crippen molar-refractivity contribution in [3.63, 3.8) is 0 Å². The van der Waals surface area contributed by atoms with Gasteiger partial charge in [0.1, 0.15) is 11.9 Å². The molecule has 0 spiro atoms. The van der Waals surface area contributed by atoms with E-state index in [1.807, 2.05) is 0 Å². The highest BCUT2D eigenvalue weighted by atomic mass is 16.5. The highest BCUT2D eigenvalue weighted by Crippen LogP contribution is 2.30. The maximum atomic E-state index is 11.5. The molecule has 3 N–H and O–H groups in total. The van der Waals surface area contributed by atoms with Crippen molar-refractivity contribution in [2.75, 3.05) is 18.9 Å². The molecular weight excluding hydrogens is 324 g/mol. The van der Waals surface area contributed by atoms with Crippen LogP contribution >= 0.6 is 0 Å². The number of carboxylic acid groups (broad SMARTS) is 1. The summed E-state index contributed by atoms with van der Waals surface area (Å²) in [5.74, 6) is -1.33. The Hall–Kier alpha value is -3.18. The van der Waals surface area contributed by atoms with Gasteiger partial charge in [0.2, 0.25) is 5.88 Å². The molecule has 1 aromatic carbocycles. The third-order valence-electron chi connectivity index (χ3n) is 3.98. The van der Waals surface area contributed by atoms with Gasteiger partial charge in [0.05, 0.1) is 24.8 Å². The highest BCUT2D eigenvalue weighted by molar-refractivity contribution is 5.95. The van der Waals surface area contributed by atoms with Crippen LogP contribution in [-0.4, -0.2) is 40.4 Å². The second-order valence-electron chi connectivity index (χ2n) is 5.61. The lowest BCUT2D eigenvalue weighted by Crippen LogP contribution is -2.20. The van der Waals surface area contributed by atoms with Crippen molar-refractivity contribution in [3.05, 3.63) is 34.9 Å². The molecule has 0 radical (unpaired) electrons. The summed E-state index contributed by atoms with van der Waals surface area (Å²) in [5.41, 5.74) is 7.33. The molecule has 1 saturated heterocycles. The molecule has 0 aliphatic carbocycles. The molecule has 1 aliphatic heterocycles. The molecule has 2 aromatic rings. The van der Waals surface area contributed by atoms with Crippen LogP contribution < -0.4 is 10.5 Å². The lowest BCUT2D eigenvalue weighted by Gasteiger charge is -2.15. The molecule has 128 valence electrons. The fraction of sp³-hybridized carbons (Fsp3) is 0.294. The summed E-state index contributed by atoms with van der Waals surface area (Å²) in [4.78, 5) is 19.9. The van der Waals surface area contributed by atoms with Crippen molar-refractivity contribution in [2.24, 2.45) is 0 Å². The van der Waals surface area contributed by atoms with E-state index in [1.165, 1.54) is 0 Å². The minimum atomic E-state index is -1.26. The zero-order valence-corrected chi connectivity index (χ0v) is 13.5. The number of benzene rings is 1. The number of aromatic carboxylic acids is 1. The topological polar surface area (TPSA) is 131 Å². The summed E-state index contributed by atoms with van der Waals surface area (Å²) < 4.78 is 10.9. The predicted molar refractivity (Wildman–Crippen MR) is 88.1 cm³/mol. The van der Waals surface area contributed by atoms with E-state index in [0.29, 0.717) is 36.3 Å². The number of hydrogen-bond donors (Lipinski definition) is 2. The molecule has 3 rings (SSSR count). The van der Waals surface area contributed by atoms with Crippen molar-refractivity contribution in [1.82, 2.24) is 9.97 Å². The van der Waals surface area contributed by atoms with E-state index in [0.717, 1.165) is 0 Å². The van der Waals surface area contributed by atoms with Crippen LogP contribution in [0.25, 0.3) is 11.4 Å². The van der Waals surface area contributed by atoms with Crippen molar-refractivity contribution >= 4 is 11.8 Å². The second-order valence-corrected chi connectivity index (χ2v) is 5.61. The number of carboxylic acids is 1. The number of hydrogen-bond acceptors (Lipinski definition) is 7. The number of nitrogen functional groups attached to an aromatic ring is 1. The van der Waals surface area contributed by atoms with Gasteiger partial charge in [-0.05, 0) is 18.6 Å². The number of ether oxygens (including phenoxy) is 2. The number of aromatic nitrogens is 2. The molecular formula is C17H16N4O4. The van der Waals surface area contributed by atoms with Gasteiger partial charge < -0.3 is 20.3 Å². The van der Waals surface area contributed by atoms with Crippen LogP contribution in [0, 0.1) is 18.3 Å². The first kappa shape index (κ1) is 16.7. The van der Waals surface area contributed by atoms with Gasteiger partial charge in [-0.3, -0.25) is 0 Å². The maximum Gasteiger partial charge on any atom is 0.345 e. The SMILES string of the molecule is Cc1c(C#N)cccc1-c1nc(N)c(C(=O)O)c(O[C@H]2CCOC2)n1. The largest absolute Gasteiger partial charge is 0.477 e. The summed E-state index contributed by atoms with van der Waals surface area (Å²) in [7, 11) is 0. The summed E-state index contributed by atoms with van der Waals surface area (Å²) in [6.07, 6.45) is 0.355. The molecule has 0 amide bonds. The molecule has 8 nitrogen and oxygen atoms in total. The number of nitriles is 1. The van der Waals surface area contributed by atoms with E-state index in [4.69, 9.17) is 15.2 Å². The van der Waals surface area contributed by atoms with Crippen molar-refractivity contribution in [2.45, 2.75) is 19.4 Å².